The van der Waals surface area contributed by atoms with E-state index in [-0.39, 0.29) is 23.9 Å². The van der Waals surface area contributed by atoms with Gasteiger partial charge in [-0.05, 0) is 134 Å². The quantitative estimate of drug-likeness (QED) is 0.147. The van der Waals surface area contributed by atoms with E-state index in [1.165, 1.54) is 16.8 Å². The second kappa shape index (κ2) is 19.4. The fourth-order valence-electron chi connectivity index (χ4n) is 16.0. The van der Waals surface area contributed by atoms with Crippen LogP contribution in [0.5, 0.6) is 5.75 Å². The van der Waals surface area contributed by atoms with Crippen LogP contribution in [-0.2, 0) is 12.8 Å². The van der Waals surface area contributed by atoms with Gasteiger partial charge in [0.05, 0.1) is 11.6 Å². The molecular formula is C84H54N2O7. The van der Waals surface area contributed by atoms with E-state index in [0.717, 1.165) is 198 Å². The average Bonchev–Trinajstić information content (AvgIpc) is 1.62. The van der Waals surface area contributed by atoms with E-state index in [9.17, 15) is 0 Å². The van der Waals surface area contributed by atoms with Gasteiger partial charge in [-0.25, -0.2) is 0 Å². The Kier molecular flexibility index (Phi) is 10.7. The maximum absolute atomic E-state index is 7.04. The minimum atomic E-state index is -0.182. The summed E-state index contributed by atoms with van der Waals surface area (Å²) >= 11 is 0. The van der Waals surface area contributed by atoms with Crippen molar-refractivity contribution < 1.29 is 31.2 Å². The number of fused-ring (bicyclic) bond motifs is 19. The van der Waals surface area contributed by atoms with Gasteiger partial charge in [-0.1, -0.05) is 127 Å². The predicted octanol–water partition coefficient (Wildman–Crippen LogP) is 20.5. The summed E-state index contributed by atoms with van der Waals surface area (Å²) < 4.78 is 46.9. The van der Waals surface area contributed by atoms with Crippen molar-refractivity contribution in [2.24, 2.45) is 11.8 Å². The summed E-state index contributed by atoms with van der Waals surface area (Å²) in [4.78, 5) is 4.85. The minimum absolute atomic E-state index is 0.0544. The summed E-state index contributed by atoms with van der Waals surface area (Å²) in [5.41, 5.74) is 19.2. The first-order chi connectivity index (χ1) is 46.0. The maximum Gasteiger partial charge on any atom is 0.137 e. The lowest BCUT2D eigenvalue weighted by Gasteiger charge is -2.38. The molecule has 5 aliphatic carbocycles. The third kappa shape index (κ3) is 7.86. The molecule has 9 nitrogen and oxygen atoms in total. The van der Waals surface area contributed by atoms with Crippen molar-refractivity contribution in [2.45, 2.75) is 37.7 Å². The molecule has 0 radical (unpaired) electrons. The van der Waals surface area contributed by atoms with Crippen molar-refractivity contribution in [2.75, 3.05) is 9.80 Å². The van der Waals surface area contributed by atoms with Gasteiger partial charge in [0.15, 0.2) is 0 Å². The molecule has 0 fully saturated rings. The molecule has 1 aliphatic heterocycles. The van der Waals surface area contributed by atoms with Crippen LogP contribution in [0.1, 0.15) is 52.7 Å². The molecule has 0 bridgehead atoms. The fourth-order valence-corrected chi connectivity index (χ4v) is 16.0. The second-order valence-corrected chi connectivity index (χ2v) is 25.6. The van der Waals surface area contributed by atoms with Crippen molar-refractivity contribution in [1.82, 2.24) is 0 Å². The van der Waals surface area contributed by atoms with E-state index in [1.807, 2.05) is 54.6 Å². The van der Waals surface area contributed by atoms with Gasteiger partial charge in [0.2, 0.25) is 0 Å². The summed E-state index contributed by atoms with van der Waals surface area (Å²) in [6, 6.07) is 68.1. The van der Waals surface area contributed by atoms with Crippen molar-refractivity contribution in [3.63, 3.8) is 0 Å². The topological polar surface area (TPSA) is 94.6 Å². The second-order valence-electron chi connectivity index (χ2n) is 25.6. The van der Waals surface area contributed by atoms with Crippen LogP contribution in [0.25, 0.3) is 129 Å². The highest BCUT2D eigenvalue weighted by Gasteiger charge is 2.38. The van der Waals surface area contributed by atoms with Crippen molar-refractivity contribution in [3.8, 4) is 17.1 Å². The van der Waals surface area contributed by atoms with E-state index in [1.54, 1.807) is 0 Å². The zero-order chi connectivity index (χ0) is 60.6. The standard InChI is InChI=1S/C84H54N2O7/c1-5-19-71-49(11-1)37-75(87-71)51-23-29-57-47(35-51)13-9-17-69(57)85(53-25-31-61-59-15-3-7-21-73(59)89-77(61)39-53)55-27-33-63-65-43-83-67(45-81(65)91-79(63)41-55)68-46-82-66(44-84(68)93-83)64-34-28-56(42-80(64)92-82)86(54-26-32-62-60-16-4-8-22-74(60)90-78(62)40-54)70-18-10-14-48-36-52(24-30-58(48)70)76-38-50-12-2-6-20-72(50)88-76/h1-26,29-32,35-47,57,68,84H,27-28,33-34H2. The Bertz CT molecular complexity index is 6050. The summed E-state index contributed by atoms with van der Waals surface area (Å²) in [5, 5.41) is 11.0. The minimum Gasteiger partial charge on any atom is -0.485 e. The molecule has 6 aromatic heterocycles. The molecule has 0 saturated carbocycles. The molecule has 442 valence electrons. The number of aryl methyl sites for hydroxylation is 1. The number of nitrogens with zero attached hydrogens (tertiary/aromatic N) is 2. The van der Waals surface area contributed by atoms with Crippen molar-refractivity contribution in [1.29, 1.82) is 0 Å². The van der Waals surface area contributed by atoms with Crippen LogP contribution in [0, 0.1) is 11.8 Å². The zero-order valence-corrected chi connectivity index (χ0v) is 50.1. The SMILES string of the molecule is C1=CC2C=C(c3cc4ccccc4o3)C=CC2C(N(C2=Cc3oc4cc5c(cc4c3CC2)OC2C=c3c4c(oc3=CC52)C=C(N(c2ccc3c(c2)oc2ccccc23)c2cccc3cc(-c5cc6ccccc6o5)ccc23)CC4)c2ccc3c(c2)oc2ccccc23)=C1. The van der Waals surface area contributed by atoms with E-state index in [4.69, 9.17) is 31.2 Å². The van der Waals surface area contributed by atoms with E-state index in [0.29, 0.717) is 0 Å². The molecule has 4 unspecified atom stereocenters. The number of allylic oxidation sites excluding steroid dienone is 9. The highest BCUT2D eigenvalue weighted by atomic mass is 16.5. The molecule has 0 spiro atoms. The molecule has 21 rings (SSSR count). The van der Waals surface area contributed by atoms with Crippen LogP contribution in [-0.4, -0.2) is 6.10 Å². The maximum atomic E-state index is 7.04. The van der Waals surface area contributed by atoms with Crippen molar-refractivity contribution >= 4 is 134 Å². The highest BCUT2D eigenvalue weighted by molar-refractivity contribution is 6.08. The van der Waals surface area contributed by atoms with Gasteiger partial charge in [0, 0.05) is 141 Å². The number of rotatable bonds is 8. The summed E-state index contributed by atoms with van der Waals surface area (Å²) in [6.07, 6.45) is 25.9. The number of hydrogen-bond acceptors (Lipinski definition) is 9. The normalized spacial score (nSPS) is 18.6. The molecule has 93 heavy (non-hydrogen) atoms. The molecule has 0 amide bonds. The number of benzene rings is 9. The van der Waals surface area contributed by atoms with Gasteiger partial charge >= 0.3 is 0 Å². The number of para-hydroxylation sites is 4. The van der Waals surface area contributed by atoms with Crippen LogP contribution in [0.4, 0.5) is 17.1 Å². The summed E-state index contributed by atoms with van der Waals surface area (Å²) in [6.45, 7) is 0. The lowest BCUT2D eigenvalue weighted by Crippen LogP contribution is -2.34. The molecule has 15 aromatic rings. The predicted molar refractivity (Wildman–Crippen MR) is 372 cm³/mol. The van der Waals surface area contributed by atoms with Crippen molar-refractivity contribution in [3.05, 3.63) is 292 Å². The first-order valence-electron chi connectivity index (χ1n) is 32.2. The lowest BCUT2D eigenvalue weighted by atomic mass is 9.79. The molecular weight excluding hydrogens is 1150 g/mol. The number of ether oxygens (including phenoxy) is 1. The monoisotopic (exact) mass is 1200 g/mol. The molecule has 0 N–H and O–H groups in total. The Morgan fingerprint density at radius 1 is 0.409 bits per heavy atom. The number of hydrogen-bond donors (Lipinski definition) is 0. The first kappa shape index (κ1) is 51.1. The summed E-state index contributed by atoms with van der Waals surface area (Å²) in [5.74, 6) is 4.50. The third-order valence-electron chi connectivity index (χ3n) is 20.4. The van der Waals surface area contributed by atoms with Crippen LogP contribution >= 0.6 is 0 Å². The molecule has 4 atom stereocenters. The Labute approximate surface area is 531 Å². The molecule has 9 aromatic carbocycles. The first-order valence-corrected chi connectivity index (χ1v) is 32.2. The third-order valence-corrected chi connectivity index (χ3v) is 20.4. The zero-order valence-electron chi connectivity index (χ0n) is 50.1. The van der Waals surface area contributed by atoms with E-state index in [2.05, 4.69) is 210 Å². The lowest BCUT2D eigenvalue weighted by molar-refractivity contribution is 0.287. The van der Waals surface area contributed by atoms with Crippen LogP contribution in [0.2, 0.25) is 0 Å². The number of furan rings is 6. The van der Waals surface area contributed by atoms with Gasteiger partial charge in [-0.2, -0.15) is 0 Å². The van der Waals surface area contributed by atoms with Crippen LogP contribution in [0.3, 0.4) is 0 Å². The Morgan fingerprint density at radius 3 is 1.81 bits per heavy atom. The Hall–Kier alpha value is -11.7. The van der Waals surface area contributed by atoms with Crippen LogP contribution in [0.15, 0.2) is 274 Å². The highest BCUT2D eigenvalue weighted by Crippen LogP contribution is 2.50. The van der Waals surface area contributed by atoms with Gasteiger partial charge < -0.3 is 41.0 Å². The van der Waals surface area contributed by atoms with Gasteiger partial charge in [0.1, 0.15) is 79.4 Å². The molecule has 0 saturated heterocycles. The summed E-state index contributed by atoms with van der Waals surface area (Å²) in [7, 11) is 0. The Morgan fingerprint density at radius 2 is 1.04 bits per heavy atom. The molecule has 9 heteroatoms. The van der Waals surface area contributed by atoms with E-state index >= 15 is 0 Å². The molecule has 6 aliphatic rings. The average molecular weight is 1200 g/mol. The Balaban J connectivity index is 0.628. The van der Waals surface area contributed by atoms with Gasteiger partial charge in [-0.3, -0.25) is 0 Å². The van der Waals surface area contributed by atoms with Gasteiger partial charge in [-0.15, -0.1) is 0 Å². The smallest absolute Gasteiger partial charge is 0.137 e. The van der Waals surface area contributed by atoms with E-state index < -0.39 is 0 Å². The fraction of sp³-hybridized carbons (Fsp3) is 0.0952. The van der Waals surface area contributed by atoms with Crippen LogP contribution < -0.4 is 25.2 Å². The van der Waals surface area contributed by atoms with Gasteiger partial charge in [0.25, 0.3) is 0 Å². The largest absolute Gasteiger partial charge is 0.485 e. The molecule has 7 heterocycles. The number of anilines is 3.